The first-order valence-corrected chi connectivity index (χ1v) is 7.91. The fourth-order valence-electron chi connectivity index (χ4n) is 2.61. The van der Waals surface area contributed by atoms with Crippen LogP contribution < -0.4 is 11.4 Å². The number of alkyl halides is 1. The van der Waals surface area contributed by atoms with Crippen molar-refractivity contribution in [2.75, 3.05) is 19.5 Å². The number of nitrogens with zero attached hydrogens (tertiary/aromatic N) is 2. The third kappa shape index (κ3) is 4.84. The summed E-state index contributed by atoms with van der Waals surface area (Å²) in [6.07, 6.45) is -1.20. The number of aliphatic hydroxyl groups is 1. The van der Waals surface area contributed by atoms with Gasteiger partial charge in [0.15, 0.2) is 17.9 Å². The van der Waals surface area contributed by atoms with E-state index in [1.807, 2.05) is 30.3 Å². The van der Waals surface area contributed by atoms with Gasteiger partial charge in [-0.3, -0.25) is 8.96 Å². The summed E-state index contributed by atoms with van der Waals surface area (Å²) in [5.41, 5.74) is 5.50. The minimum Gasteiger partial charge on any atom is -0.388 e. The van der Waals surface area contributed by atoms with Crippen LogP contribution in [0.2, 0.25) is 0 Å². The number of anilines is 1. The van der Waals surface area contributed by atoms with Gasteiger partial charge in [0.05, 0.1) is 32.7 Å². The molecule has 1 saturated heterocycles. The van der Waals surface area contributed by atoms with Crippen molar-refractivity contribution in [2.45, 2.75) is 31.5 Å². The van der Waals surface area contributed by atoms with E-state index in [-0.39, 0.29) is 13.0 Å². The molecule has 1 aliphatic heterocycles. The highest BCUT2D eigenvalue weighted by Crippen LogP contribution is 2.28. The summed E-state index contributed by atoms with van der Waals surface area (Å²) in [5, 5.41) is 10.1. The van der Waals surface area contributed by atoms with Gasteiger partial charge in [0.2, 0.25) is 0 Å². The molecule has 2 aromatic rings. The maximum Gasteiger partial charge on any atom is 0.351 e. The van der Waals surface area contributed by atoms with Crippen molar-refractivity contribution in [1.82, 2.24) is 9.55 Å². The molecule has 7 nitrogen and oxygen atoms in total. The first kappa shape index (κ1) is 20.0. The van der Waals surface area contributed by atoms with Crippen molar-refractivity contribution >= 4 is 5.82 Å². The quantitative estimate of drug-likeness (QED) is 0.827. The SMILES string of the molecule is CF.Nc1nc(=O)n(C2OC(COCc3ccccc3)C[C@@H]2O)cc1F. The molecule has 0 saturated carbocycles. The molecule has 9 heteroatoms. The lowest BCUT2D eigenvalue weighted by atomic mass is 10.2. The number of benzene rings is 1. The second-order valence-corrected chi connectivity index (χ2v) is 5.62. The van der Waals surface area contributed by atoms with E-state index in [2.05, 4.69) is 4.98 Å². The van der Waals surface area contributed by atoms with E-state index >= 15 is 0 Å². The Morgan fingerprint density at radius 1 is 1.38 bits per heavy atom. The lowest BCUT2D eigenvalue weighted by Gasteiger charge is -2.17. The predicted octanol–water partition coefficient (Wildman–Crippen LogP) is 1.42. The van der Waals surface area contributed by atoms with Crippen LogP contribution in [-0.2, 0) is 16.1 Å². The summed E-state index contributed by atoms with van der Waals surface area (Å²) in [6.45, 7) is 0.668. The summed E-state index contributed by atoms with van der Waals surface area (Å²) in [7, 11) is 0.500. The van der Waals surface area contributed by atoms with Gasteiger partial charge in [0.1, 0.15) is 6.10 Å². The number of aliphatic hydroxyl groups excluding tert-OH is 1. The Morgan fingerprint density at radius 2 is 2.08 bits per heavy atom. The lowest BCUT2D eigenvalue weighted by Crippen LogP contribution is -2.32. The molecule has 142 valence electrons. The minimum absolute atomic E-state index is 0.252. The van der Waals surface area contributed by atoms with Gasteiger partial charge in [-0.25, -0.2) is 9.18 Å². The third-order valence-electron chi connectivity index (χ3n) is 3.79. The first-order chi connectivity index (χ1) is 12.5. The molecule has 0 radical (unpaired) electrons. The number of nitrogen functional groups attached to an aromatic ring is 1. The number of halogens is 2. The maximum absolute atomic E-state index is 13.5. The predicted molar refractivity (Wildman–Crippen MR) is 90.5 cm³/mol. The molecule has 3 atom stereocenters. The maximum atomic E-state index is 13.5. The zero-order valence-electron chi connectivity index (χ0n) is 14.2. The average molecular weight is 369 g/mol. The standard InChI is InChI=1S/C16H18FN3O4.CH3F/c17-12-7-20(16(22)19-14(12)18)15-13(21)6-11(24-15)9-23-8-10-4-2-1-3-5-10;1-2/h1-5,7,11,13,15,21H,6,8-9H2,(H2,18,19,22);1H3/t11?,13-,15?;/m0./s1. The van der Waals surface area contributed by atoms with E-state index in [1.54, 1.807) is 0 Å². The van der Waals surface area contributed by atoms with E-state index in [1.165, 1.54) is 0 Å². The number of ether oxygens (including phenoxy) is 2. The molecule has 0 spiro atoms. The zero-order valence-corrected chi connectivity index (χ0v) is 14.2. The molecule has 0 amide bonds. The number of rotatable bonds is 5. The Bertz CT molecular complexity index is 757. The van der Waals surface area contributed by atoms with Gasteiger partial charge in [-0.1, -0.05) is 30.3 Å². The molecular weight excluding hydrogens is 348 g/mol. The summed E-state index contributed by atoms with van der Waals surface area (Å²) in [5.74, 6) is -1.32. The highest BCUT2D eigenvalue weighted by Gasteiger charge is 2.36. The van der Waals surface area contributed by atoms with Crippen molar-refractivity contribution in [3.05, 3.63) is 58.4 Å². The summed E-state index contributed by atoms with van der Waals surface area (Å²) in [4.78, 5) is 15.2. The van der Waals surface area contributed by atoms with Crippen LogP contribution in [0.5, 0.6) is 0 Å². The van der Waals surface area contributed by atoms with Gasteiger partial charge in [-0.2, -0.15) is 4.98 Å². The second-order valence-electron chi connectivity index (χ2n) is 5.62. The van der Waals surface area contributed by atoms with Gasteiger partial charge in [-0.05, 0) is 5.56 Å². The molecule has 1 fully saturated rings. The van der Waals surface area contributed by atoms with Crippen LogP contribution in [0.15, 0.2) is 41.3 Å². The van der Waals surface area contributed by atoms with Crippen LogP contribution in [0.1, 0.15) is 18.2 Å². The van der Waals surface area contributed by atoms with Crippen molar-refractivity contribution in [3.8, 4) is 0 Å². The topological polar surface area (TPSA) is 99.6 Å². The molecular formula is C17H21F2N3O4. The molecule has 1 aromatic heterocycles. The van der Waals surface area contributed by atoms with Gasteiger partial charge in [0.25, 0.3) is 0 Å². The number of hydrogen-bond acceptors (Lipinski definition) is 6. The van der Waals surface area contributed by atoms with Crippen LogP contribution in [0.4, 0.5) is 14.6 Å². The van der Waals surface area contributed by atoms with E-state index in [0.717, 1.165) is 16.3 Å². The zero-order chi connectivity index (χ0) is 19.1. The fraction of sp³-hybridized carbons (Fsp3) is 0.412. The largest absolute Gasteiger partial charge is 0.388 e. The number of aromatic nitrogens is 2. The van der Waals surface area contributed by atoms with Crippen LogP contribution in [-0.4, -0.2) is 40.6 Å². The molecule has 26 heavy (non-hydrogen) atoms. The van der Waals surface area contributed by atoms with Crippen molar-refractivity contribution in [1.29, 1.82) is 0 Å². The van der Waals surface area contributed by atoms with E-state index in [4.69, 9.17) is 15.2 Å². The minimum atomic E-state index is -1.01. The van der Waals surface area contributed by atoms with Gasteiger partial charge >= 0.3 is 5.69 Å². The van der Waals surface area contributed by atoms with Crippen LogP contribution >= 0.6 is 0 Å². The van der Waals surface area contributed by atoms with Gasteiger partial charge in [0, 0.05) is 6.42 Å². The Hall–Kier alpha value is -2.36. The van der Waals surface area contributed by atoms with E-state index in [9.17, 15) is 18.7 Å². The Morgan fingerprint density at radius 3 is 2.77 bits per heavy atom. The van der Waals surface area contributed by atoms with Crippen LogP contribution in [0, 0.1) is 5.82 Å². The highest BCUT2D eigenvalue weighted by molar-refractivity contribution is 5.26. The normalized spacial score (nSPS) is 21.9. The van der Waals surface area contributed by atoms with E-state index in [0.29, 0.717) is 13.8 Å². The summed E-state index contributed by atoms with van der Waals surface area (Å²) < 4.78 is 35.1. The Labute approximate surface area is 149 Å². The fourth-order valence-corrected chi connectivity index (χ4v) is 2.61. The van der Waals surface area contributed by atoms with Gasteiger partial charge in [-0.15, -0.1) is 0 Å². The molecule has 3 N–H and O–H groups in total. The smallest absolute Gasteiger partial charge is 0.351 e. The molecule has 2 unspecified atom stereocenters. The molecule has 3 rings (SSSR count). The van der Waals surface area contributed by atoms with Crippen molar-refractivity contribution in [3.63, 3.8) is 0 Å². The Kier molecular flexibility index (Phi) is 7.19. The average Bonchev–Trinajstić information content (AvgIpc) is 3.01. The number of nitrogens with two attached hydrogens (primary N) is 1. The van der Waals surface area contributed by atoms with Crippen molar-refractivity contribution in [2.24, 2.45) is 0 Å². The third-order valence-corrected chi connectivity index (χ3v) is 3.79. The lowest BCUT2D eigenvalue weighted by molar-refractivity contribution is -0.0662. The van der Waals surface area contributed by atoms with Gasteiger partial charge < -0.3 is 20.3 Å². The summed E-state index contributed by atoms with van der Waals surface area (Å²) in [6, 6.07) is 9.63. The molecule has 1 aromatic carbocycles. The molecule has 0 aliphatic carbocycles. The molecule has 1 aliphatic rings. The van der Waals surface area contributed by atoms with E-state index < -0.39 is 35.8 Å². The molecule has 0 bridgehead atoms. The summed E-state index contributed by atoms with van der Waals surface area (Å²) >= 11 is 0. The second kappa shape index (κ2) is 9.37. The number of hydrogen-bond donors (Lipinski definition) is 2. The monoisotopic (exact) mass is 369 g/mol. The highest BCUT2D eigenvalue weighted by atomic mass is 19.1. The Balaban J connectivity index is 0.00000117. The first-order valence-electron chi connectivity index (χ1n) is 7.91. The van der Waals surface area contributed by atoms with Crippen LogP contribution in [0.25, 0.3) is 0 Å². The van der Waals surface area contributed by atoms with Crippen molar-refractivity contribution < 1.29 is 23.4 Å². The van der Waals surface area contributed by atoms with Crippen LogP contribution in [0.3, 0.4) is 0 Å². The molecule has 2 heterocycles.